The summed E-state index contributed by atoms with van der Waals surface area (Å²) in [5, 5.41) is 18.3. The van der Waals surface area contributed by atoms with E-state index in [1.54, 1.807) is 0 Å². The molecular formula is C36H39N3O4. The van der Waals surface area contributed by atoms with E-state index in [1.807, 2.05) is 135 Å². The summed E-state index contributed by atoms with van der Waals surface area (Å²) < 4.78 is 0. The Labute approximate surface area is 253 Å². The molecule has 2 amide bonds. The van der Waals surface area contributed by atoms with E-state index in [9.17, 15) is 14.4 Å². The van der Waals surface area contributed by atoms with Gasteiger partial charge < -0.3 is 15.7 Å². The van der Waals surface area contributed by atoms with Gasteiger partial charge in [0, 0.05) is 0 Å². The van der Waals surface area contributed by atoms with Crippen molar-refractivity contribution in [1.29, 1.82) is 0 Å². The lowest BCUT2D eigenvalue weighted by Crippen LogP contribution is -2.59. The molecule has 0 aliphatic rings. The Morgan fingerprint density at radius 1 is 0.651 bits per heavy atom. The van der Waals surface area contributed by atoms with E-state index < -0.39 is 36.0 Å². The molecule has 0 heterocycles. The number of benzene rings is 4. The third-order valence-corrected chi connectivity index (χ3v) is 7.36. The number of aliphatic carboxylic acids is 1. The molecule has 0 spiro atoms. The van der Waals surface area contributed by atoms with E-state index >= 15 is 0 Å². The van der Waals surface area contributed by atoms with Crippen LogP contribution in [0.25, 0.3) is 0 Å². The van der Waals surface area contributed by atoms with Gasteiger partial charge in [0.25, 0.3) is 0 Å². The van der Waals surface area contributed by atoms with Gasteiger partial charge in [-0.25, -0.2) is 0 Å². The molecule has 4 aromatic rings. The summed E-state index contributed by atoms with van der Waals surface area (Å²) in [6.45, 7) is 3.39. The van der Waals surface area contributed by atoms with Crippen LogP contribution >= 0.6 is 0 Å². The Morgan fingerprint density at radius 3 is 1.51 bits per heavy atom. The van der Waals surface area contributed by atoms with Crippen molar-refractivity contribution < 1.29 is 19.5 Å². The van der Waals surface area contributed by atoms with Crippen LogP contribution in [0.4, 0.5) is 0 Å². The summed E-state index contributed by atoms with van der Waals surface area (Å²) >= 11 is 0. The maximum absolute atomic E-state index is 14.3. The predicted octanol–water partition coefficient (Wildman–Crippen LogP) is 4.91. The zero-order chi connectivity index (χ0) is 30.7. The van der Waals surface area contributed by atoms with Gasteiger partial charge in [-0.3, -0.25) is 19.7 Å². The molecule has 0 aliphatic carbocycles. The van der Waals surface area contributed by atoms with E-state index in [-0.39, 0.29) is 11.8 Å². The topological polar surface area (TPSA) is 108 Å². The van der Waals surface area contributed by atoms with Gasteiger partial charge in [0.2, 0.25) is 11.8 Å². The van der Waals surface area contributed by atoms with Crippen LogP contribution < -0.4 is 16.0 Å². The number of carboxylic acids is 1. The van der Waals surface area contributed by atoms with Crippen LogP contribution in [0.3, 0.4) is 0 Å². The molecule has 4 N–H and O–H groups in total. The number of hydrogen-bond acceptors (Lipinski definition) is 4. The summed E-state index contributed by atoms with van der Waals surface area (Å²) in [5.74, 6) is -1.95. The molecule has 7 nitrogen and oxygen atoms in total. The zero-order valence-electron chi connectivity index (χ0n) is 24.6. The normalized spacial score (nSPS) is 12.7. The highest BCUT2D eigenvalue weighted by atomic mass is 16.4. The fraction of sp³-hybridized carbons (Fsp3) is 0.250. The summed E-state index contributed by atoms with van der Waals surface area (Å²) in [7, 11) is 0. The molecule has 0 aliphatic heterocycles. The SMILES string of the molecule is CC(C)C[C@H](NC(=O)[C@H](Cc1ccccc1)NC(c1ccccc1)(c1ccccc1)c1ccccc1)C(=O)NCC(=O)O. The van der Waals surface area contributed by atoms with Gasteiger partial charge >= 0.3 is 5.97 Å². The van der Waals surface area contributed by atoms with E-state index in [0.29, 0.717) is 12.8 Å². The molecule has 2 atom stereocenters. The van der Waals surface area contributed by atoms with Gasteiger partial charge in [-0.2, -0.15) is 0 Å². The summed E-state index contributed by atoms with van der Waals surface area (Å²) in [6, 6.07) is 38.1. The number of carbonyl (C=O) groups excluding carboxylic acids is 2. The minimum Gasteiger partial charge on any atom is -0.480 e. The number of hydrogen-bond donors (Lipinski definition) is 4. The molecule has 0 aromatic heterocycles. The number of carboxylic acid groups (broad SMARTS) is 1. The van der Waals surface area contributed by atoms with Crippen LogP contribution in [0.1, 0.15) is 42.5 Å². The van der Waals surface area contributed by atoms with Crippen molar-refractivity contribution in [2.75, 3.05) is 6.54 Å². The van der Waals surface area contributed by atoms with Crippen LogP contribution in [-0.4, -0.2) is 41.5 Å². The summed E-state index contributed by atoms with van der Waals surface area (Å²) in [4.78, 5) is 38.5. The van der Waals surface area contributed by atoms with Crippen LogP contribution in [-0.2, 0) is 26.3 Å². The summed E-state index contributed by atoms with van der Waals surface area (Å²) in [6.07, 6.45) is 0.711. The third-order valence-electron chi connectivity index (χ3n) is 7.36. The minimum atomic E-state index is -1.15. The second kappa shape index (κ2) is 14.9. The third kappa shape index (κ3) is 8.17. The monoisotopic (exact) mass is 577 g/mol. The lowest BCUT2D eigenvalue weighted by Gasteiger charge is -2.40. The van der Waals surface area contributed by atoms with E-state index in [2.05, 4.69) is 16.0 Å². The van der Waals surface area contributed by atoms with Crippen LogP contribution in [0, 0.1) is 5.92 Å². The summed E-state index contributed by atoms with van der Waals surface area (Å²) in [5.41, 5.74) is 2.90. The van der Waals surface area contributed by atoms with Crippen molar-refractivity contribution in [3.05, 3.63) is 144 Å². The molecule has 0 radical (unpaired) electrons. The van der Waals surface area contributed by atoms with Gasteiger partial charge in [0.1, 0.15) is 12.6 Å². The van der Waals surface area contributed by atoms with Gasteiger partial charge in [0.15, 0.2) is 0 Å². The Morgan fingerprint density at radius 2 is 1.09 bits per heavy atom. The highest BCUT2D eigenvalue weighted by molar-refractivity contribution is 5.91. The Hall–Kier alpha value is -4.75. The first-order valence-corrected chi connectivity index (χ1v) is 14.6. The van der Waals surface area contributed by atoms with Crippen molar-refractivity contribution >= 4 is 17.8 Å². The molecule has 0 bridgehead atoms. The van der Waals surface area contributed by atoms with Crippen molar-refractivity contribution in [3.63, 3.8) is 0 Å². The Bertz CT molecular complexity index is 1370. The fourth-order valence-corrected chi connectivity index (χ4v) is 5.40. The van der Waals surface area contributed by atoms with Crippen molar-refractivity contribution in [2.24, 2.45) is 5.92 Å². The predicted molar refractivity (Wildman–Crippen MR) is 168 cm³/mol. The largest absolute Gasteiger partial charge is 0.480 e. The average Bonchev–Trinajstić information content (AvgIpc) is 3.03. The zero-order valence-corrected chi connectivity index (χ0v) is 24.6. The van der Waals surface area contributed by atoms with Crippen LogP contribution in [0.15, 0.2) is 121 Å². The fourth-order valence-electron chi connectivity index (χ4n) is 5.40. The molecule has 7 heteroatoms. The van der Waals surface area contributed by atoms with Crippen LogP contribution in [0.5, 0.6) is 0 Å². The van der Waals surface area contributed by atoms with Gasteiger partial charge in [-0.15, -0.1) is 0 Å². The average molecular weight is 578 g/mol. The number of rotatable bonds is 14. The molecule has 222 valence electrons. The van der Waals surface area contributed by atoms with E-state index in [1.165, 1.54) is 0 Å². The second-order valence-corrected chi connectivity index (χ2v) is 11.0. The molecule has 0 unspecified atom stereocenters. The first-order valence-electron chi connectivity index (χ1n) is 14.6. The number of amides is 2. The van der Waals surface area contributed by atoms with Crippen molar-refractivity contribution in [3.8, 4) is 0 Å². The maximum atomic E-state index is 14.3. The van der Waals surface area contributed by atoms with Gasteiger partial charge in [-0.1, -0.05) is 135 Å². The molecule has 0 saturated heterocycles. The first-order chi connectivity index (χ1) is 20.8. The lowest BCUT2D eigenvalue weighted by molar-refractivity contribution is -0.138. The maximum Gasteiger partial charge on any atom is 0.322 e. The standard InChI is InChI=1S/C36H39N3O4/c1-26(2)23-31(34(42)37-25-33(40)41)38-35(43)32(24-27-15-7-3-8-16-27)39-36(28-17-9-4-10-18-28,29-19-11-5-12-20-29)30-21-13-6-14-22-30/h3-22,26,31-32,39H,23-25H2,1-2H3,(H,37,42)(H,38,43)(H,40,41)/t31-,32-/m0/s1. The quantitative estimate of drug-likeness (QED) is 0.159. The van der Waals surface area contributed by atoms with Crippen LogP contribution in [0.2, 0.25) is 0 Å². The van der Waals surface area contributed by atoms with Crippen molar-refractivity contribution in [2.45, 2.75) is 44.3 Å². The first kappa shape index (κ1) is 31.2. The molecule has 4 rings (SSSR count). The minimum absolute atomic E-state index is 0.0819. The lowest BCUT2D eigenvalue weighted by atomic mass is 9.76. The molecule has 4 aromatic carbocycles. The number of carbonyl (C=O) groups is 3. The van der Waals surface area contributed by atoms with Gasteiger partial charge in [0.05, 0.1) is 11.6 Å². The Kier molecular flexibility index (Phi) is 10.8. The second-order valence-electron chi connectivity index (χ2n) is 11.0. The molecule has 0 saturated carbocycles. The highest BCUT2D eigenvalue weighted by Crippen LogP contribution is 2.37. The molecular weight excluding hydrogens is 538 g/mol. The van der Waals surface area contributed by atoms with Gasteiger partial charge in [-0.05, 0) is 41.0 Å². The number of nitrogens with one attached hydrogen (secondary N) is 3. The molecule has 43 heavy (non-hydrogen) atoms. The molecule has 0 fully saturated rings. The highest BCUT2D eigenvalue weighted by Gasteiger charge is 2.40. The van der Waals surface area contributed by atoms with E-state index in [4.69, 9.17) is 5.11 Å². The van der Waals surface area contributed by atoms with Crippen molar-refractivity contribution in [1.82, 2.24) is 16.0 Å². The Balaban J connectivity index is 1.81. The smallest absolute Gasteiger partial charge is 0.322 e. The van der Waals surface area contributed by atoms with E-state index in [0.717, 1.165) is 22.3 Å².